The first-order valence-electron chi connectivity index (χ1n) is 4.56. The highest BCUT2D eigenvalue weighted by atomic mass is 32.1. The van der Waals surface area contributed by atoms with Gasteiger partial charge in [0.1, 0.15) is 6.29 Å². The van der Waals surface area contributed by atoms with E-state index < -0.39 is 0 Å². The van der Waals surface area contributed by atoms with Crippen molar-refractivity contribution in [3.8, 4) is 0 Å². The molecule has 70 valence electrons. The average Bonchev–Trinajstić information content (AvgIpc) is 2.65. The van der Waals surface area contributed by atoms with Gasteiger partial charge in [-0.05, 0) is 28.8 Å². The molecule has 13 heavy (non-hydrogen) atoms. The van der Waals surface area contributed by atoms with Crippen LogP contribution in [0, 0.1) is 0 Å². The second-order valence-electron chi connectivity index (χ2n) is 2.93. The van der Waals surface area contributed by atoms with Gasteiger partial charge in [-0.2, -0.15) is 11.3 Å². The Hall–Kier alpha value is -0.890. The maximum absolute atomic E-state index is 10.7. The van der Waals surface area contributed by atoms with E-state index in [-0.39, 0.29) is 0 Å². The molecule has 0 atom stereocenters. The van der Waals surface area contributed by atoms with E-state index in [1.807, 2.05) is 22.9 Å². The zero-order valence-corrected chi connectivity index (χ0v) is 8.64. The molecule has 1 heterocycles. The standard InChI is InChI=1S/C11H14OS/c1-2-3-4-5-10(8-12)11-6-7-13-9-11/h5-9H,2-4H2,1H3/b10-5-. The molecule has 0 bridgehead atoms. The van der Waals surface area contributed by atoms with Crippen LogP contribution in [0.2, 0.25) is 0 Å². The third kappa shape index (κ3) is 3.15. The summed E-state index contributed by atoms with van der Waals surface area (Å²) >= 11 is 1.62. The second-order valence-corrected chi connectivity index (χ2v) is 3.71. The van der Waals surface area contributed by atoms with Gasteiger partial charge < -0.3 is 0 Å². The van der Waals surface area contributed by atoms with Gasteiger partial charge in [-0.25, -0.2) is 0 Å². The van der Waals surface area contributed by atoms with Crippen LogP contribution in [0.25, 0.3) is 5.57 Å². The maximum Gasteiger partial charge on any atom is 0.150 e. The van der Waals surface area contributed by atoms with Crippen molar-refractivity contribution in [3.63, 3.8) is 0 Å². The van der Waals surface area contributed by atoms with Crippen LogP contribution in [0.15, 0.2) is 22.9 Å². The number of hydrogen-bond acceptors (Lipinski definition) is 2. The Balaban J connectivity index is 2.62. The van der Waals surface area contributed by atoms with Gasteiger partial charge in [0.15, 0.2) is 0 Å². The molecule has 0 aliphatic carbocycles. The number of rotatable bonds is 5. The number of unbranched alkanes of at least 4 members (excludes halogenated alkanes) is 2. The molecule has 0 N–H and O–H groups in total. The monoisotopic (exact) mass is 194 g/mol. The van der Waals surface area contributed by atoms with Crippen LogP contribution < -0.4 is 0 Å². The predicted molar refractivity (Wildman–Crippen MR) is 57.9 cm³/mol. The van der Waals surface area contributed by atoms with E-state index in [1.54, 1.807) is 11.3 Å². The molecule has 0 radical (unpaired) electrons. The number of aldehydes is 1. The smallest absolute Gasteiger partial charge is 0.150 e. The largest absolute Gasteiger partial charge is 0.298 e. The highest BCUT2D eigenvalue weighted by Gasteiger charge is 1.98. The summed E-state index contributed by atoms with van der Waals surface area (Å²) in [5.41, 5.74) is 1.88. The van der Waals surface area contributed by atoms with E-state index in [1.165, 1.54) is 6.42 Å². The highest BCUT2D eigenvalue weighted by Crippen LogP contribution is 2.16. The van der Waals surface area contributed by atoms with Crippen LogP contribution in [0.1, 0.15) is 31.7 Å². The summed E-state index contributed by atoms with van der Waals surface area (Å²) < 4.78 is 0. The Bertz CT molecular complexity index is 272. The molecule has 0 amide bonds. The Morgan fingerprint density at radius 3 is 3.00 bits per heavy atom. The zero-order valence-electron chi connectivity index (χ0n) is 7.82. The molecule has 0 saturated carbocycles. The Labute approximate surface area is 83.1 Å². The SMILES string of the molecule is CCCC/C=C(/C=O)c1ccsc1. The van der Waals surface area contributed by atoms with E-state index in [4.69, 9.17) is 0 Å². The van der Waals surface area contributed by atoms with E-state index in [0.29, 0.717) is 0 Å². The average molecular weight is 194 g/mol. The number of thiophene rings is 1. The van der Waals surface area contributed by atoms with Gasteiger partial charge in [0.05, 0.1) is 0 Å². The molecular weight excluding hydrogens is 180 g/mol. The summed E-state index contributed by atoms with van der Waals surface area (Å²) in [5, 5.41) is 4.00. The summed E-state index contributed by atoms with van der Waals surface area (Å²) in [4.78, 5) is 10.7. The van der Waals surface area contributed by atoms with Crippen LogP contribution in [-0.2, 0) is 4.79 Å². The molecule has 0 unspecified atom stereocenters. The number of hydrogen-bond donors (Lipinski definition) is 0. The summed E-state index contributed by atoms with van der Waals surface area (Å²) in [6, 6.07) is 1.98. The number of allylic oxidation sites excluding steroid dienone is 2. The van der Waals surface area contributed by atoms with Crippen molar-refractivity contribution in [1.29, 1.82) is 0 Å². The number of carbonyl (C=O) groups is 1. The Morgan fingerprint density at radius 1 is 1.62 bits per heavy atom. The molecule has 0 saturated heterocycles. The molecule has 0 aliphatic rings. The van der Waals surface area contributed by atoms with Crippen molar-refractivity contribution >= 4 is 23.2 Å². The summed E-state index contributed by atoms with van der Waals surface area (Å²) in [6.07, 6.45) is 6.30. The topological polar surface area (TPSA) is 17.1 Å². The minimum Gasteiger partial charge on any atom is -0.298 e. The molecule has 1 aromatic rings. The second kappa shape index (κ2) is 5.70. The van der Waals surface area contributed by atoms with Gasteiger partial charge in [0.25, 0.3) is 0 Å². The Kier molecular flexibility index (Phi) is 4.47. The fourth-order valence-electron chi connectivity index (χ4n) is 1.12. The van der Waals surface area contributed by atoms with Crippen LogP contribution in [-0.4, -0.2) is 6.29 Å². The third-order valence-corrected chi connectivity index (χ3v) is 2.59. The zero-order chi connectivity index (χ0) is 9.52. The maximum atomic E-state index is 10.7. The third-order valence-electron chi connectivity index (χ3n) is 1.90. The van der Waals surface area contributed by atoms with Gasteiger partial charge in [0, 0.05) is 5.57 Å². The van der Waals surface area contributed by atoms with Crippen LogP contribution in [0.5, 0.6) is 0 Å². The van der Waals surface area contributed by atoms with E-state index in [9.17, 15) is 4.79 Å². The first kappa shape index (κ1) is 10.2. The van der Waals surface area contributed by atoms with Crippen LogP contribution >= 0.6 is 11.3 Å². The minimum atomic E-state index is 0.828. The number of carbonyl (C=O) groups excluding carboxylic acids is 1. The molecule has 0 fully saturated rings. The van der Waals surface area contributed by atoms with Gasteiger partial charge >= 0.3 is 0 Å². The minimum absolute atomic E-state index is 0.828. The van der Waals surface area contributed by atoms with Gasteiger partial charge in [-0.15, -0.1) is 0 Å². The van der Waals surface area contributed by atoms with E-state index in [2.05, 4.69) is 6.92 Å². The Morgan fingerprint density at radius 2 is 2.46 bits per heavy atom. The first-order valence-corrected chi connectivity index (χ1v) is 5.50. The van der Waals surface area contributed by atoms with Crippen molar-refractivity contribution in [2.75, 3.05) is 0 Å². The predicted octanol–water partition coefficient (Wildman–Crippen LogP) is 3.52. The normalized spacial score (nSPS) is 11.6. The van der Waals surface area contributed by atoms with E-state index in [0.717, 1.165) is 30.3 Å². The quantitative estimate of drug-likeness (QED) is 0.398. The van der Waals surface area contributed by atoms with E-state index >= 15 is 0 Å². The lowest BCUT2D eigenvalue weighted by Gasteiger charge is -1.95. The van der Waals surface area contributed by atoms with Crippen LogP contribution in [0.4, 0.5) is 0 Å². The summed E-state index contributed by atoms with van der Waals surface area (Å²) in [7, 11) is 0. The lowest BCUT2D eigenvalue weighted by Crippen LogP contribution is -1.82. The van der Waals surface area contributed by atoms with Crippen LogP contribution in [0.3, 0.4) is 0 Å². The fraction of sp³-hybridized carbons (Fsp3) is 0.364. The van der Waals surface area contributed by atoms with Crippen molar-refractivity contribution < 1.29 is 4.79 Å². The van der Waals surface area contributed by atoms with Crippen molar-refractivity contribution in [2.24, 2.45) is 0 Å². The van der Waals surface area contributed by atoms with Crippen molar-refractivity contribution in [2.45, 2.75) is 26.2 Å². The van der Waals surface area contributed by atoms with Crippen molar-refractivity contribution in [1.82, 2.24) is 0 Å². The highest BCUT2D eigenvalue weighted by molar-refractivity contribution is 7.08. The molecule has 2 heteroatoms. The molecule has 1 rings (SSSR count). The molecule has 1 nitrogen and oxygen atoms in total. The lowest BCUT2D eigenvalue weighted by molar-refractivity contribution is -0.103. The molecule has 0 aliphatic heterocycles. The summed E-state index contributed by atoms with van der Waals surface area (Å²) in [6.45, 7) is 2.15. The first-order chi connectivity index (χ1) is 6.38. The molecule has 0 spiro atoms. The van der Waals surface area contributed by atoms with Crippen molar-refractivity contribution in [3.05, 3.63) is 28.5 Å². The molecule has 1 aromatic heterocycles. The fourth-order valence-corrected chi connectivity index (χ4v) is 1.79. The van der Waals surface area contributed by atoms with Gasteiger partial charge in [0.2, 0.25) is 0 Å². The van der Waals surface area contributed by atoms with Gasteiger partial charge in [-0.3, -0.25) is 4.79 Å². The van der Waals surface area contributed by atoms with Gasteiger partial charge in [-0.1, -0.05) is 25.8 Å². The molecule has 0 aromatic carbocycles. The summed E-state index contributed by atoms with van der Waals surface area (Å²) in [5.74, 6) is 0. The molecular formula is C11H14OS. The lowest BCUT2D eigenvalue weighted by atomic mass is 10.1.